The molecule has 0 amide bonds. The molecule has 2 heteroatoms. The molecule has 0 aromatic carbocycles. The lowest BCUT2D eigenvalue weighted by Crippen LogP contribution is -2.45. The van der Waals surface area contributed by atoms with E-state index < -0.39 is 0 Å². The number of alkyl halides is 1. The van der Waals surface area contributed by atoms with Crippen LogP contribution in [-0.2, 0) is 4.74 Å². The molecule has 0 aromatic rings. The van der Waals surface area contributed by atoms with Gasteiger partial charge in [0.2, 0.25) is 0 Å². The average Bonchev–Trinajstić information content (AvgIpc) is 2.21. The van der Waals surface area contributed by atoms with Gasteiger partial charge in [0.1, 0.15) is 0 Å². The lowest BCUT2D eigenvalue weighted by molar-refractivity contribution is -0.0450. The zero-order chi connectivity index (χ0) is 17.3. The number of halogens is 1. The van der Waals surface area contributed by atoms with Crippen LogP contribution in [0.4, 0.5) is 0 Å². The largest absolute Gasteiger partial charge is 0.381 e. The van der Waals surface area contributed by atoms with Gasteiger partial charge in [-0.3, -0.25) is 0 Å². The molecule has 1 nitrogen and oxygen atoms in total. The van der Waals surface area contributed by atoms with Crippen LogP contribution in [-0.4, -0.2) is 18.6 Å². The fourth-order valence-corrected chi connectivity index (χ4v) is 3.44. The van der Waals surface area contributed by atoms with Gasteiger partial charge in [0.05, 0.1) is 6.10 Å². The molecule has 0 N–H and O–H groups in total. The molecule has 0 aliphatic heterocycles. The summed E-state index contributed by atoms with van der Waals surface area (Å²) in [6.45, 7) is 22.8. The summed E-state index contributed by atoms with van der Waals surface area (Å²) in [4.78, 5) is 0. The number of hydrogen-bond acceptors (Lipinski definition) is 1. The summed E-state index contributed by atoms with van der Waals surface area (Å²) in [6.07, 6.45) is 2.29. The van der Waals surface area contributed by atoms with Crippen LogP contribution in [0.15, 0.2) is 0 Å². The van der Waals surface area contributed by atoms with E-state index in [0.29, 0.717) is 0 Å². The normalized spacial score (nSPS) is 17.7. The SMILES string of the molecule is COC(CC(C)(C)C(C)(C)C(Cl)CC(C)(C)C)C(C)(C)C. The fourth-order valence-electron chi connectivity index (χ4n) is 2.69. The van der Waals surface area contributed by atoms with E-state index in [4.69, 9.17) is 16.3 Å². The maximum atomic E-state index is 6.84. The van der Waals surface area contributed by atoms with Gasteiger partial charge >= 0.3 is 0 Å². The van der Waals surface area contributed by atoms with Crippen molar-refractivity contribution in [2.24, 2.45) is 21.7 Å². The first-order valence-corrected chi connectivity index (χ1v) is 8.65. The first-order valence-electron chi connectivity index (χ1n) is 8.21. The van der Waals surface area contributed by atoms with Gasteiger partial charge in [-0.2, -0.15) is 0 Å². The number of rotatable bonds is 6. The number of methoxy groups -OCH3 is 1. The molecule has 2 atom stereocenters. The predicted octanol–water partition coefficient (Wildman–Crippen LogP) is 6.53. The topological polar surface area (TPSA) is 9.23 Å². The van der Waals surface area contributed by atoms with Crippen molar-refractivity contribution < 1.29 is 4.74 Å². The van der Waals surface area contributed by atoms with Crippen molar-refractivity contribution in [3.05, 3.63) is 0 Å². The van der Waals surface area contributed by atoms with E-state index in [-0.39, 0.29) is 33.1 Å². The smallest absolute Gasteiger partial charge is 0.0624 e. The molecule has 0 radical (unpaired) electrons. The second-order valence-corrected chi connectivity index (χ2v) is 10.7. The van der Waals surface area contributed by atoms with Crippen molar-refractivity contribution >= 4 is 11.6 Å². The van der Waals surface area contributed by atoms with Crippen molar-refractivity contribution in [2.45, 2.75) is 93.6 Å². The van der Waals surface area contributed by atoms with Gasteiger partial charge in [-0.1, -0.05) is 69.2 Å². The Kier molecular flexibility index (Phi) is 6.87. The van der Waals surface area contributed by atoms with Crippen molar-refractivity contribution in [3.63, 3.8) is 0 Å². The van der Waals surface area contributed by atoms with Crippen molar-refractivity contribution in [2.75, 3.05) is 7.11 Å². The van der Waals surface area contributed by atoms with Gasteiger partial charge in [-0.15, -0.1) is 11.6 Å². The summed E-state index contributed by atoms with van der Waals surface area (Å²) in [5.41, 5.74) is 0.556. The second kappa shape index (κ2) is 6.79. The molecule has 0 bridgehead atoms. The summed E-state index contributed by atoms with van der Waals surface area (Å²) in [7, 11) is 1.83. The van der Waals surface area contributed by atoms with Crippen LogP contribution in [0, 0.1) is 21.7 Å². The van der Waals surface area contributed by atoms with Crippen LogP contribution in [0.25, 0.3) is 0 Å². The third-order valence-corrected chi connectivity index (χ3v) is 5.96. The van der Waals surface area contributed by atoms with Gasteiger partial charge in [-0.05, 0) is 34.5 Å². The van der Waals surface area contributed by atoms with Crippen LogP contribution in [0.3, 0.4) is 0 Å². The number of ether oxygens (including phenoxy) is 1. The first kappa shape index (κ1) is 21.2. The minimum atomic E-state index is 0.0455. The lowest BCUT2D eigenvalue weighted by atomic mass is 9.60. The van der Waals surface area contributed by atoms with E-state index in [2.05, 4.69) is 69.2 Å². The highest BCUT2D eigenvalue weighted by Crippen LogP contribution is 2.50. The number of hydrogen-bond donors (Lipinski definition) is 0. The van der Waals surface area contributed by atoms with E-state index in [0.717, 1.165) is 12.8 Å². The summed E-state index contributed by atoms with van der Waals surface area (Å²) in [5, 5.41) is 0.157. The molecule has 0 aliphatic rings. The van der Waals surface area contributed by atoms with Crippen molar-refractivity contribution in [1.29, 1.82) is 0 Å². The van der Waals surface area contributed by atoms with E-state index in [1.807, 2.05) is 7.11 Å². The predicted molar refractivity (Wildman–Crippen MR) is 96.1 cm³/mol. The lowest BCUT2D eigenvalue weighted by Gasteiger charge is -2.49. The maximum Gasteiger partial charge on any atom is 0.0624 e. The van der Waals surface area contributed by atoms with E-state index >= 15 is 0 Å². The van der Waals surface area contributed by atoms with Crippen LogP contribution in [0.5, 0.6) is 0 Å². The maximum absolute atomic E-state index is 6.84. The van der Waals surface area contributed by atoms with Gasteiger partial charge in [-0.25, -0.2) is 0 Å². The first-order chi connectivity index (χ1) is 9.04. The molecule has 0 aliphatic carbocycles. The molecule has 21 heavy (non-hydrogen) atoms. The van der Waals surface area contributed by atoms with E-state index in [9.17, 15) is 0 Å². The van der Waals surface area contributed by atoms with E-state index in [1.165, 1.54) is 0 Å². The van der Waals surface area contributed by atoms with Crippen LogP contribution in [0.1, 0.15) is 82.1 Å². The Hall–Kier alpha value is 0.250. The third kappa shape index (κ3) is 6.10. The van der Waals surface area contributed by atoms with E-state index in [1.54, 1.807) is 0 Å². The Labute approximate surface area is 139 Å². The molecule has 0 rings (SSSR count). The Morgan fingerprint density at radius 2 is 1.24 bits per heavy atom. The molecule has 128 valence electrons. The van der Waals surface area contributed by atoms with Crippen LogP contribution in [0.2, 0.25) is 0 Å². The molecular weight excluding hydrogens is 280 g/mol. The molecule has 0 heterocycles. The second-order valence-electron chi connectivity index (χ2n) is 10.1. The molecule has 0 spiro atoms. The Balaban J connectivity index is 5.18. The van der Waals surface area contributed by atoms with Crippen molar-refractivity contribution in [1.82, 2.24) is 0 Å². The molecule has 0 aromatic heterocycles. The molecule has 2 unspecified atom stereocenters. The van der Waals surface area contributed by atoms with Crippen LogP contribution >= 0.6 is 11.6 Å². The minimum absolute atomic E-state index is 0.0455. The van der Waals surface area contributed by atoms with Gasteiger partial charge in [0.25, 0.3) is 0 Å². The fraction of sp³-hybridized carbons (Fsp3) is 1.00. The standard InChI is InChI=1S/C19H39ClO/c1-16(2,3)12-14(20)19(9,10)18(7,8)13-15(21-11)17(4,5)6/h14-15H,12-13H2,1-11H3. The third-order valence-electron chi connectivity index (χ3n) is 5.27. The van der Waals surface area contributed by atoms with Crippen molar-refractivity contribution in [3.8, 4) is 0 Å². The Morgan fingerprint density at radius 1 is 0.810 bits per heavy atom. The summed E-state index contributed by atoms with van der Waals surface area (Å²) >= 11 is 6.84. The van der Waals surface area contributed by atoms with Gasteiger partial charge in [0.15, 0.2) is 0 Å². The average molecular weight is 319 g/mol. The summed E-state index contributed by atoms with van der Waals surface area (Å²) in [5.74, 6) is 0. The monoisotopic (exact) mass is 318 g/mol. The quantitative estimate of drug-likeness (QED) is 0.505. The minimum Gasteiger partial charge on any atom is -0.381 e. The highest BCUT2D eigenvalue weighted by atomic mass is 35.5. The molecule has 0 fully saturated rings. The molecule has 0 saturated heterocycles. The zero-order valence-corrected chi connectivity index (χ0v) is 17.1. The van der Waals surface area contributed by atoms with Gasteiger partial charge in [0, 0.05) is 12.5 Å². The highest BCUT2D eigenvalue weighted by molar-refractivity contribution is 6.21. The summed E-state index contributed by atoms with van der Waals surface area (Å²) in [6, 6.07) is 0. The zero-order valence-electron chi connectivity index (χ0n) is 16.4. The van der Waals surface area contributed by atoms with Crippen LogP contribution < -0.4 is 0 Å². The Morgan fingerprint density at radius 3 is 1.52 bits per heavy atom. The molecular formula is C19H39ClO. The molecule has 0 saturated carbocycles. The van der Waals surface area contributed by atoms with Gasteiger partial charge < -0.3 is 4.74 Å². The highest BCUT2D eigenvalue weighted by Gasteiger charge is 2.45. The summed E-state index contributed by atoms with van der Waals surface area (Å²) < 4.78 is 5.78. The Bertz CT molecular complexity index is 317.